The number of aromatic hydroxyl groups is 1. The zero-order valence-electron chi connectivity index (χ0n) is 34.3. The largest absolute Gasteiger partial charge is 0.508 e. The molecule has 59 heavy (non-hydrogen) atoms. The van der Waals surface area contributed by atoms with Crippen LogP contribution in [0.2, 0.25) is 0 Å². The lowest BCUT2D eigenvalue weighted by atomic mass is 9.44. The lowest BCUT2D eigenvalue weighted by molar-refractivity contribution is -0.346. The van der Waals surface area contributed by atoms with Gasteiger partial charge >= 0.3 is 24.0 Å². The number of phenols is 1. The van der Waals surface area contributed by atoms with Crippen LogP contribution in [0.5, 0.6) is 5.75 Å². The summed E-state index contributed by atoms with van der Waals surface area (Å²) in [6, 6.07) is 11.9. The molecule has 0 spiro atoms. The number of ketones is 1. The highest BCUT2D eigenvalue weighted by Crippen LogP contribution is 2.64. The number of Topliss-reactive ketones (excluding diaryl/α,β-unsaturated/α-hetero) is 1. The number of esters is 3. The highest BCUT2D eigenvalue weighted by molar-refractivity contribution is 5.94. The molecule has 11 atom stereocenters. The average molecular weight is 824 g/mol. The number of fused-ring (bicyclic) bond motifs is 5. The lowest BCUT2D eigenvalue weighted by Crippen LogP contribution is -2.81. The molecule has 4 aliphatic rings. The van der Waals surface area contributed by atoms with Gasteiger partial charge in [0, 0.05) is 25.2 Å². The molecule has 6 N–H and O–H groups in total. The van der Waals surface area contributed by atoms with Gasteiger partial charge < -0.3 is 54.5 Å². The Morgan fingerprint density at radius 3 is 2.22 bits per heavy atom. The van der Waals surface area contributed by atoms with Gasteiger partial charge in [-0.2, -0.15) is 0 Å². The van der Waals surface area contributed by atoms with Crippen molar-refractivity contribution in [1.29, 1.82) is 0 Å². The molecule has 0 radical (unpaired) electrons. The minimum atomic E-state index is -2.42. The minimum Gasteiger partial charge on any atom is -0.508 e. The zero-order valence-corrected chi connectivity index (χ0v) is 34.3. The topological polar surface area (TPSA) is 245 Å². The van der Waals surface area contributed by atoms with Crippen LogP contribution >= 0.6 is 0 Å². The van der Waals surface area contributed by atoms with E-state index in [0.29, 0.717) is 5.56 Å². The fourth-order valence-corrected chi connectivity index (χ4v) is 9.62. The van der Waals surface area contributed by atoms with E-state index in [1.165, 1.54) is 45.9 Å². The number of nitrogens with one attached hydrogen (secondary N) is 1. The van der Waals surface area contributed by atoms with Crippen molar-refractivity contribution in [2.45, 2.75) is 128 Å². The van der Waals surface area contributed by atoms with Crippen molar-refractivity contribution in [2.75, 3.05) is 6.61 Å². The predicted octanol–water partition coefficient (Wildman–Crippen LogP) is 2.97. The molecule has 2 saturated carbocycles. The van der Waals surface area contributed by atoms with Gasteiger partial charge in [0.05, 0.1) is 35.6 Å². The second kappa shape index (κ2) is 15.3. The second-order valence-corrected chi connectivity index (χ2v) is 17.8. The molecule has 0 unspecified atom stereocenters. The third kappa shape index (κ3) is 7.39. The molecule has 16 heteroatoms. The maximum absolute atomic E-state index is 15.0. The summed E-state index contributed by atoms with van der Waals surface area (Å²) in [6.45, 7) is 11.6. The molecule has 3 aliphatic carbocycles. The number of hydrogen-bond acceptors (Lipinski definition) is 15. The Labute approximate surface area is 341 Å². The van der Waals surface area contributed by atoms with Gasteiger partial charge in [-0.05, 0) is 69.5 Å². The van der Waals surface area contributed by atoms with E-state index in [4.69, 9.17) is 23.7 Å². The van der Waals surface area contributed by atoms with Gasteiger partial charge in [0.2, 0.25) is 0 Å². The summed E-state index contributed by atoms with van der Waals surface area (Å²) in [7, 11) is 0. The summed E-state index contributed by atoms with van der Waals surface area (Å²) in [5.41, 5.74) is -8.70. The van der Waals surface area contributed by atoms with Crippen LogP contribution in [0, 0.1) is 16.7 Å². The van der Waals surface area contributed by atoms with Gasteiger partial charge in [0.15, 0.2) is 17.5 Å². The predicted molar refractivity (Wildman–Crippen MR) is 205 cm³/mol. The molecule has 320 valence electrons. The van der Waals surface area contributed by atoms with Gasteiger partial charge in [-0.3, -0.25) is 9.59 Å². The first-order valence-corrected chi connectivity index (χ1v) is 19.5. The number of alkyl carbamates (subject to hydrolysis) is 1. The van der Waals surface area contributed by atoms with Crippen LogP contribution in [0.3, 0.4) is 0 Å². The van der Waals surface area contributed by atoms with Crippen LogP contribution in [-0.4, -0.2) is 115 Å². The van der Waals surface area contributed by atoms with Gasteiger partial charge in [0.25, 0.3) is 0 Å². The fourth-order valence-electron chi connectivity index (χ4n) is 9.62. The van der Waals surface area contributed by atoms with E-state index in [1.54, 1.807) is 51.1 Å². The minimum absolute atomic E-state index is 0.103. The van der Waals surface area contributed by atoms with Crippen LogP contribution in [-0.2, 0) is 38.1 Å². The molecular formula is C43H53NO15. The summed E-state index contributed by atoms with van der Waals surface area (Å²) in [5, 5.41) is 61.8. The summed E-state index contributed by atoms with van der Waals surface area (Å²) in [5.74, 6) is -5.96. The Balaban J connectivity index is 1.49. The first kappa shape index (κ1) is 43.7. The number of benzene rings is 2. The van der Waals surface area contributed by atoms with E-state index in [0.717, 1.165) is 13.0 Å². The number of carbonyl (C=O) groups excluding carboxylic acids is 5. The molecule has 0 aromatic heterocycles. The van der Waals surface area contributed by atoms with Crippen LogP contribution < -0.4 is 5.32 Å². The van der Waals surface area contributed by atoms with Crippen molar-refractivity contribution < 1.29 is 73.2 Å². The van der Waals surface area contributed by atoms with Crippen molar-refractivity contribution in [3.05, 3.63) is 76.9 Å². The van der Waals surface area contributed by atoms with Crippen molar-refractivity contribution in [3.8, 4) is 5.75 Å². The van der Waals surface area contributed by atoms with Gasteiger partial charge in [-0.1, -0.05) is 50.2 Å². The van der Waals surface area contributed by atoms with Crippen molar-refractivity contribution in [2.24, 2.45) is 16.7 Å². The molecule has 2 bridgehead atoms. The summed E-state index contributed by atoms with van der Waals surface area (Å²) < 4.78 is 29.4. The van der Waals surface area contributed by atoms with Gasteiger partial charge in [-0.15, -0.1) is 0 Å². The molecule has 6 rings (SSSR count). The Morgan fingerprint density at radius 1 is 0.983 bits per heavy atom. The molecule has 1 amide bonds. The molecule has 2 aromatic rings. The van der Waals surface area contributed by atoms with E-state index in [9.17, 15) is 49.5 Å². The SMILES string of the molecule is CC(=O)O[C@@]12CO[C@@H]1C[C@H](O)[C@@]1(C)C(=O)[C@H](O)C3=C(C)[C@@H](OC(=O)[C@H](O)[C@@H](NC(=O)OC(C)(C)C)c4ccccc4)C[C@@](O)([C@@H](OC(=O)c4cccc(O)c4)[C@H]21)C3(C)C. The second-order valence-electron chi connectivity index (χ2n) is 17.8. The Morgan fingerprint density at radius 2 is 1.64 bits per heavy atom. The normalized spacial score (nSPS) is 33.3. The number of carbonyl (C=O) groups is 5. The number of rotatable bonds is 8. The molecule has 1 aliphatic heterocycles. The Kier molecular flexibility index (Phi) is 11.3. The molecule has 3 fully saturated rings. The van der Waals surface area contributed by atoms with E-state index in [1.807, 2.05) is 0 Å². The Hall–Kier alpha value is -4.87. The fraction of sp³-hybridized carbons (Fsp3) is 0.558. The number of aliphatic hydroxyl groups is 4. The zero-order chi connectivity index (χ0) is 43.6. The smallest absolute Gasteiger partial charge is 0.408 e. The third-order valence-corrected chi connectivity index (χ3v) is 12.6. The summed E-state index contributed by atoms with van der Waals surface area (Å²) in [4.78, 5) is 69.0. The number of ether oxygens (including phenoxy) is 5. The van der Waals surface area contributed by atoms with E-state index < -0.39 is 112 Å². The maximum Gasteiger partial charge on any atom is 0.408 e. The third-order valence-electron chi connectivity index (χ3n) is 12.6. The number of hydrogen-bond donors (Lipinski definition) is 6. The quantitative estimate of drug-likeness (QED) is 0.127. The molecular weight excluding hydrogens is 770 g/mol. The highest BCUT2D eigenvalue weighted by atomic mass is 16.6. The highest BCUT2D eigenvalue weighted by Gasteiger charge is 2.78. The number of phenolic OH excluding ortho intramolecular Hbond substituents is 1. The first-order valence-electron chi connectivity index (χ1n) is 19.5. The van der Waals surface area contributed by atoms with Crippen LogP contribution in [0.1, 0.15) is 90.2 Å². The molecule has 2 aromatic carbocycles. The van der Waals surface area contributed by atoms with Crippen LogP contribution in [0.15, 0.2) is 65.7 Å². The van der Waals surface area contributed by atoms with Crippen molar-refractivity contribution >= 4 is 29.8 Å². The molecule has 1 heterocycles. The standard InChI is InChI=1S/C43H53NO15/c1-21-26(56-37(52)32(49)30(23-13-10-9-11-14-23)44-38(53)59-39(3,4)5)19-43(54)35(57-36(51)24-15-12-16-25(46)17-24)33-41(8,34(50)31(48)29(21)40(43,6)7)27(47)18-28-42(33,20-55-28)58-22(2)45/h9-17,26-28,30-33,35,46-49,54H,18-20H2,1-8H3,(H,44,53)/t26-,27-,28+,30-,31+,32+,33-,35-,41+,42-,43+/m0/s1. The number of aliphatic hydroxyl groups excluding tert-OH is 3. The van der Waals surface area contributed by atoms with Gasteiger partial charge in [-0.25, -0.2) is 14.4 Å². The van der Waals surface area contributed by atoms with Crippen molar-refractivity contribution in [1.82, 2.24) is 5.32 Å². The van der Waals surface area contributed by atoms with Gasteiger partial charge in [0.1, 0.15) is 41.4 Å². The maximum atomic E-state index is 15.0. The summed E-state index contributed by atoms with van der Waals surface area (Å²) in [6.07, 6.45) is -11.9. The van der Waals surface area contributed by atoms with E-state index in [2.05, 4.69) is 5.32 Å². The number of amides is 1. The molecule has 1 saturated heterocycles. The van der Waals surface area contributed by atoms with Crippen molar-refractivity contribution in [3.63, 3.8) is 0 Å². The summed E-state index contributed by atoms with van der Waals surface area (Å²) >= 11 is 0. The molecule has 16 nitrogen and oxygen atoms in total. The van der Waals surface area contributed by atoms with Crippen LogP contribution in [0.25, 0.3) is 0 Å². The Bertz CT molecular complexity index is 2040. The monoisotopic (exact) mass is 823 g/mol. The first-order chi connectivity index (χ1) is 27.4. The average Bonchev–Trinajstić information content (AvgIpc) is 3.14. The lowest BCUT2D eigenvalue weighted by Gasteiger charge is -2.67. The van der Waals surface area contributed by atoms with E-state index >= 15 is 0 Å². The van der Waals surface area contributed by atoms with E-state index in [-0.39, 0.29) is 35.5 Å². The van der Waals surface area contributed by atoms with Crippen LogP contribution in [0.4, 0.5) is 4.79 Å².